The van der Waals surface area contributed by atoms with Gasteiger partial charge in [0.2, 0.25) is 0 Å². The van der Waals surface area contributed by atoms with Crippen LogP contribution >= 0.6 is 0 Å². The van der Waals surface area contributed by atoms with Gasteiger partial charge in [-0.15, -0.1) is 0 Å². The van der Waals surface area contributed by atoms with Crippen molar-refractivity contribution in [3.05, 3.63) is 33.0 Å². The van der Waals surface area contributed by atoms with Gasteiger partial charge in [-0.3, -0.25) is 0 Å². The van der Waals surface area contributed by atoms with Gasteiger partial charge in [0, 0.05) is 9.82 Å². The Hall–Kier alpha value is -2.08. The van der Waals surface area contributed by atoms with Gasteiger partial charge in [0.05, 0.1) is 6.04 Å². The maximum atomic E-state index is 8.15. The molecule has 0 radical (unpaired) electrons. The van der Waals surface area contributed by atoms with E-state index in [1.807, 2.05) is 0 Å². The molecule has 0 fully saturated rings. The first kappa shape index (κ1) is 8.02. The van der Waals surface area contributed by atoms with Crippen LogP contribution < -0.4 is 0 Å². The number of nitrogens with zero attached hydrogens (tertiary/aromatic N) is 6. The Morgan fingerprint density at radius 2 is 2.00 bits per heavy atom. The van der Waals surface area contributed by atoms with Crippen LogP contribution in [0.25, 0.3) is 20.9 Å². The normalized spacial score (nSPS) is 24.3. The number of hydrogen-bond acceptors (Lipinski definition) is 2. The molecule has 58 valence electrons. The zero-order valence-electron chi connectivity index (χ0n) is 5.99. The van der Waals surface area contributed by atoms with E-state index in [1.165, 1.54) is 0 Å². The minimum atomic E-state index is -0.573. The molecule has 1 rings (SSSR count). The first-order valence-electron chi connectivity index (χ1n) is 3.14. The molecule has 0 amide bonds. The second kappa shape index (κ2) is 3.94. The Bertz CT molecular complexity index is 346. The highest BCUT2D eigenvalue weighted by Gasteiger charge is 2.14. The zero-order valence-corrected chi connectivity index (χ0v) is 5.99. The zero-order chi connectivity index (χ0) is 8.81. The Morgan fingerprint density at radius 3 is 2.67 bits per heavy atom. The fourth-order valence-electron chi connectivity index (χ4n) is 0.785. The van der Waals surface area contributed by atoms with Crippen LogP contribution in [0.3, 0.4) is 0 Å². The van der Waals surface area contributed by atoms with Crippen LogP contribution in [-0.2, 0) is 0 Å². The van der Waals surface area contributed by atoms with Gasteiger partial charge in [-0.2, -0.15) is 0 Å². The van der Waals surface area contributed by atoms with Gasteiger partial charge in [0.1, 0.15) is 6.04 Å². The van der Waals surface area contributed by atoms with Crippen molar-refractivity contribution in [3.63, 3.8) is 0 Å². The number of hydrogen-bond donors (Lipinski definition) is 0. The SMILES string of the molecule is [N-]=[N+]=NC1C#CC=CC1N=[N+]=[N-]. The molecule has 6 heteroatoms. The topological polar surface area (TPSA) is 97.5 Å². The summed E-state index contributed by atoms with van der Waals surface area (Å²) in [4.78, 5) is 5.21. The van der Waals surface area contributed by atoms with Crippen molar-refractivity contribution < 1.29 is 0 Å². The van der Waals surface area contributed by atoms with Gasteiger partial charge in [-0.05, 0) is 17.1 Å². The van der Waals surface area contributed by atoms with Crippen LogP contribution in [0.5, 0.6) is 0 Å². The quantitative estimate of drug-likeness (QED) is 0.255. The smallest absolute Gasteiger partial charge is 0.0883 e. The first-order chi connectivity index (χ1) is 5.88. The molecule has 0 heterocycles. The monoisotopic (exact) mass is 160 g/mol. The summed E-state index contributed by atoms with van der Waals surface area (Å²) in [6.07, 6.45) is 3.18. The molecule has 6 nitrogen and oxygen atoms in total. The Labute approximate surface area is 68.1 Å². The van der Waals surface area contributed by atoms with Crippen molar-refractivity contribution in [2.45, 2.75) is 12.1 Å². The van der Waals surface area contributed by atoms with Crippen molar-refractivity contribution in [1.82, 2.24) is 0 Å². The molecule has 0 aromatic rings. The van der Waals surface area contributed by atoms with Crippen LogP contribution in [0.15, 0.2) is 22.4 Å². The summed E-state index contributed by atoms with van der Waals surface area (Å²) >= 11 is 0. The van der Waals surface area contributed by atoms with Crippen LogP contribution in [0.2, 0.25) is 0 Å². The Balaban J connectivity index is 2.88. The molecule has 0 aromatic heterocycles. The molecule has 0 bridgehead atoms. The van der Waals surface area contributed by atoms with E-state index in [0.717, 1.165) is 0 Å². The average molecular weight is 160 g/mol. The molecule has 0 spiro atoms. The summed E-state index contributed by atoms with van der Waals surface area (Å²) in [5.74, 6) is 5.26. The fourth-order valence-corrected chi connectivity index (χ4v) is 0.785. The highest BCUT2D eigenvalue weighted by Crippen LogP contribution is 2.08. The fraction of sp³-hybridized carbons (Fsp3) is 0.333. The highest BCUT2D eigenvalue weighted by molar-refractivity contribution is 5.29. The standard InChI is InChI=1S/C6H4N6/c7-11-9-5-3-1-2-4-6(5)10-12-8/h1,3,5-6H. The van der Waals surface area contributed by atoms with E-state index in [-0.39, 0.29) is 0 Å². The lowest BCUT2D eigenvalue weighted by atomic mass is 10.1. The summed E-state index contributed by atoms with van der Waals surface area (Å²) < 4.78 is 0. The molecule has 0 aromatic carbocycles. The highest BCUT2D eigenvalue weighted by atomic mass is 15.2. The van der Waals surface area contributed by atoms with Crippen LogP contribution in [0.4, 0.5) is 0 Å². The molecule has 1 aliphatic rings. The summed E-state index contributed by atoms with van der Waals surface area (Å²) in [5.41, 5.74) is 16.3. The predicted octanol–water partition coefficient (Wildman–Crippen LogP) is 1.92. The van der Waals surface area contributed by atoms with Crippen LogP contribution in [0, 0.1) is 11.8 Å². The molecule has 12 heavy (non-hydrogen) atoms. The lowest BCUT2D eigenvalue weighted by Gasteiger charge is -2.09. The molecule has 0 N–H and O–H groups in total. The van der Waals surface area contributed by atoms with Crippen molar-refractivity contribution in [1.29, 1.82) is 0 Å². The van der Waals surface area contributed by atoms with E-state index in [4.69, 9.17) is 11.1 Å². The number of allylic oxidation sites excluding steroid dienone is 1. The molecular weight excluding hydrogens is 156 g/mol. The molecule has 0 saturated heterocycles. The van der Waals surface area contributed by atoms with E-state index in [1.54, 1.807) is 12.2 Å². The van der Waals surface area contributed by atoms with Crippen LogP contribution in [0.1, 0.15) is 0 Å². The second-order valence-electron chi connectivity index (χ2n) is 1.99. The van der Waals surface area contributed by atoms with E-state index in [0.29, 0.717) is 0 Å². The third-order valence-corrected chi connectivity index (χ3v) is 1.29. The van der Waals surface area contributed by atoms with E-state index >= 15 is 0 Å². The van der Waals surface area contributed by atoms with Crippen molar-refractivity contribution >= 4 is 0 Å². The van der Waals surface area contributed by atoms with Crippen molar-refractivity contribution in [3.8, 4) is 11.8 Å². The molecule has 2 unspecified atom stereocenters. The van der Waals surface area contributed by atoms with Crippen molar-refractivity contribution in [2.75, 3.05) is 0 Å². The van der Waals surface area contributed by atoms with E-state index < -0.39 is 12.1 Å². The molecule has 0 saturated carbocycles. The third-order valence-electron chi connectivity index (χ3n) is 1.29. The van der Waals surface area contributed by atoms with Gasteiger partial charge in [-0.25, -0.2) is 0 Å². The third kappa shape index (κ3) is 1.70. The van der Waals surface area contributed by atoms with E-state index in [2.05, 4.69) is 31.9 Å². The van der Waals surface area contributed by atoms with Crippen LogP contribution in [-0.4, -0.2) is 12.1 Å². The van der Waals surface area contributed by atoms with Gasteiger partial charge >= 0.3 is 0 Å². The maximum absolute atomic E-state index is 8.15. The summed E-state index contributed by atoms with van der Waals surface area (Å²) in [6, 6.07) is -1.05. The van der Waals surface area contributed by atoms with E-state index in [9.17, 15) is 0 Å². The average Bonchev–Trinajstić information content (AvgIpc) is 2.09. The maximum Gasteiger partial charge on any atom is 0.111 e. The Kier molecular flexibility index (Phi) is 2.63. The lowest BCUT2D eigenvalue weighted by Crippen LogP contribution is -2.19. The number of rotatable bonds is 2. The summed E-state index contributed by atoms with van der Waals surface area (Å²) in [5, 5.41) is 6.78. The minimum absolute atomic E-state index is 0.479. The largest absolute Gasteiger partial charge is 0.111 e. The van der Waals surface area contributed by atoms with Gasteiger partial charge in [0.25, 0.3) is 0 Å². The van der Waals surface area contributed by atoms with Gasteiger partial charge in [0.15, 0.2) is 0 Å². The second-order valence-corrected chi connectivity index (χ2v) is 1.99. The van der Waals surface area contributed by atoms with Gasteiger partial charge < -0.3 is 0 Å². The number of azide groups is 2. The first-order valence-corrected chi connectivity index (χ1v) is 3.14. The molecule has 1 aliphatic carbocycles. The molecule has 2 atom stereocenters. The molecular formula is C6H4N6. The van der Waals surface area contributed by atoms with Crippen molar-refractivity contribution in [2.24, 2.45) is 10.2 Å². The summed E-state index contributed by atoms with van der Waals surface area (Å²) in [7, 11) is 0. The minimum Gasteiger partial charge on any atom is -0.0883 e. The molecule has 0 aliphatic heterocycles. The Morgan fingerprint density at radius 1 is 1.25 bits per heavy atom. The van der Waals surface area contributed by atoms with Gasteiger partial charge in [-0.1, -0.05) is 28.1 Å². The predicted molar refractivity (Wildman–Crippen MR) is 42.8 cm³/mol. The summed E-state index contributed by atoms with van der Waals surface area (Å²) in [6.45, 7) is 0. The lowest BCUT2D eigenvalue weighted by molar-refractivity contribution is 0.710.